The maximum atomic E-state index is 12.8. The van der Waals surface area contributed by atoms with Crippen LogP contribution in [-0.2, 0) is 19.6 Å². The molecule has 0 saturated carbocycles. The van der Waals surface area contributed by atoms with Crippen LogP contribution < -0.4 is 20.3 Å². The van der Waals surface area contributed by atoms with Crippen molar-refractivity contribution in [1.29, 1.82) is 0 Å². The van der Waals surface area contributed by atoms with Crippen molar-refractivity contribution in [2.24, 2.45) is 5.92 Å². The van der Waals surface area contributed by atoms with Gasteiger partial charge >= 0.3 is 0 Å². The summed E-state index contributed by atoms with van der Waals surface area (Å²) in [4.78, 5) is 28.2. The molecule has 12 heteroatoms. The quantitative estimate of drug-likeness (QED) is 0.218. The fourth-order valence-corrected chi connectivity index (χ4v) is 5.12. The maximum Gasteiger partial charge on any atom is 0.244 e. The number of aromatic nitrogens is 1. The van der Waals surface area contributed by atoms with Gasteiger partial charge in [-0.15, -0.1) is 0 Å². The molecule has 1 aromatic heterocycles. The minimum absolute atomic E-state index is 0.00868. The molecule has 0 radical (unpaired) electrons. The van der Waals surface area contributed by atoms with Gasteiger partial charge in [-0.3, -0.25) is 14.8 Å². The van der Waals surface area contributed by atoms with Crippen molar-refractivity contribution in [3.05, 3.63) is 23.9 Å². The van der Waals surface area contributed by atoms with Gasteiger partial charge in [0.15, 0.2) is 5.13 Å². The molecule has 176 valence electrons. The number of methoxy groups -OCH3 is 1. The molecule has 1 aromatic carbocycles. The van der Waals surface area contributed by atoms with Crippen molar-refractivity contribution in [3.63, 3.8) is 0 Å². The molecule has 32 heavy (non-hydrogen) atoms. The molecular weight excluding hydrogens is 456 g/mol. The summed E-state index contributed by atoms with van der Waals surface area (Å²) in [6, 6.07) is 4.77. The summed E-state index contributed by atoms with van der Waals surface area (Å²) in [6.45, 7) is 5.70. The van der Waals surface area contributed by atoms with E-state index in [1.807, 2.05) is 13.8 Å². The van der Waals surface area contributed by atoms with Crippen LogP contribution in [0.1, 0.15) is 38.8 Å². The highest BCUT2D eigenvalue weighted by Crippen LogP contribution is 2.36. The number of rotatable bonds is 11. The minimum Gasteiger partial charge on any atom is -0.495 e. The molecule has 4 N–H and O–H groups in total. The molecule has 1 heterocycles. The number of nitrogens with one attached hydrogen (secondary N) is 3. The number of anilines is 1. The molecular formula is C20H28N4O6S2. The number of carbonyl (C=O) groups is 2. The molecule has 0 aliphatic carbocycles. The van der Waals surface area contributed by atoms with Crippen molar-refractivity contribution in [2.75, 3.05) is 19.0 Å². The molecule has 0 aliphatic rings. The number of hydroxylamine groups is 1. The van der Waals surface area contributed by atoms with Crippen LogP contribution in [0.2, 0.25) is 0 Å². The monoisotopic (exact) mass is 484 g/mol. The van der Waals surface area contributed by atoms with E-state index in [1.54, 1.807) is 19.1 Å². The topological polar surface area (TPSA) is 147 Å². The molecule has 10 nitrogen and oxygen atoms in total. The van der Waals surface area contributed by atoms with Crippen molar-refractivity contribution in [1.82, 2.24) is 15.2 Å². The smallest absolute Gasteiger partial charge is 0.244 e. The Morgan fingerprint density at radius 1 is 1.25 bits per heavy atom. The average Bonchev–Trinajstić information content (AvgIpc) is 3.09. The largest absolute Gasteiger partial charge is 0.495 e. The summed E-state index contributed by atoms with van der Waals surface area (Å²) in [5.41, 5.74) is 2.77. The van der Waals surface area contributed by atoms with Crippen LogP contribution >= 0.6 is 11.3 Å². The number of thiazole rings is 1. The fraction of sp³-hybridized carbons (Fsp3) is 0.450. The Bertz CT molecular complexity index is 1070. The lowest BCUT2D eigenvalue weighted by Gasteiger charge is -2.12. The van der Waals surface area contributed by atoms with Crippen LogP contribution in [0.4, 0.5) is 5.13 Å². The lowest BCUT2D eigenvalue weighted by Crippen LogP contribution is -2.27. The molecule has 0 spiro atoms. The molecule has 0 atom stereocenters. The summed E-state index contributed by atoms with van der Waals surface area (Å²) < 4.78 is 33.3. The number of hydrogen-bond acceptors (Lipinski definition) is 8. The maximum absolute atomic E-state index is 12.8. The van der Waals surface area contributed by atoms with Gasteiger partial charge in [0.05, 0.1) is 17.7 Å². The lowest BCUT2D eigenvalue weighted by atomic mass is 10.1. The first-order valence-corrected chi connectivity index (χ1v) is 12.3. The van der Waals surface area contributed by atoms with E-state index in [0.29, 0.717) is 22.8 Å². The Balaban J connectivity index is 2.26. The number of aryl methyl sites for hydroxylation is 1. The number of sulfonamides is 1. The van der Waals surface area contributed by atoms with E-state index in [4.69, 9.17) is 9.94 Å². The second kappa shape index (κ2) is 11.4. The summed E-state index contributed by atoms with van der Waals surface area (Å²) in [6.07, 6.45) is 0.563. The van der Waals surface area contributed by atoms with E-state index in [2.05, 4.69) is 15.0 Å². The Morgan fingerprint density at radius 2 is 1.97 bits per heavy atom. The minimum atomic E-state index is -3.93. The van der Waals surface area contributed by atoms with Gasteiger partial charge in [0.1, 0.15) is 10.6 Å². The first-order valence-electron chi connectivity index (χ1n) is 9.95. The zero-order valence-corrected chi connectivity index (χ0v) is 20.0. The van der Waals surface area contributed by atoms with Gasteiger partial charge in [0, 0.05) is 19.4 Å². The standard InChI is InChI=1S/C20H28N4O6S2/c1-12(2)10-18(26)23-20-22-13(3)19(31-20)14-7-8-15(30-4)16(11-14)32(28,29)21-9-5-6-17(25)24-27/h7-8,11-12,21,27H,5-6,9-10H2,1-4H3,(H,24,25)(H,22,23,26). The van der Waals surface area contributed by atoms with Gasteiger partial charge in [0.25, 0.3) is 0 Å². The predicted molar refractivity (Wildman–Crippen MR) is 121 cm³/mol. The van der Waals surface area contributed by atoms with Crippen LogP contribution in [-0.4, -0.2) is 44.1 Å². The van der Waals surface area contributed by atoms with Crippen molar-refractivity contribution in [3.8, 4) is 16.2 Å². The fourth-order valence-electron chi connectivity index (χ4n) is 2.88. The van der Waals surface area contributed by atoms with E-state index < -0.39 is 15.9 Å². The van der Waals surface area contributed by atoms with E-state index in [0.717, 1.165) is 4.88 Å². The van der Waals surface area contributed by atoms with Crippen LogP contribution in [0.5, 0.6) is 5.75 Å². The molecule has 2 rings (SSSR count). The second-order valence-corrected chi connectivity index (χ2v) is 10.2. The number of amides is 2. The highest BCUT2D eigenvalue weighted by atomic mass is 32.2. The molecule has 2 aromatic rings. The van der Waals surface area contributed by atoms with Gasteiger partial charge in [-0.05, 0) is 43.0 Å². The Hall–Kier alpha value is -2.54. The number of benzene rings is 1. The Morgan fingerprint density at radius 3 is 2.59 bits per heavy atom. The Labute approximate surface area is 191 Å². The van der Waals surface area contributed by atoms with E-state index >= 15 is 0 Å². The summed E-state index contributed by atoms with van der Waals surface area (Å²) in [7, 11) is -2.56. The molecule has 0 saturated heterocycles. The predicted octanol–water partition coefficient (Wildman–Crippen LogP) is 2.68. The second-order valence-electron chi connectivity index (χ2n) is 7.48. The zero-order chi connectivity index (χ0) is 23.9. The van der Waals surface area contributed by atoms with Gasteiger partial charge < -0.3 is 10.1 Å². The summed E-state index contributed by atoms with van der Waals surface area (Å²) in [5, 5.41) is 11.7. The lowest BCUT2D eigenvalue weighted by molar-refractivity contribution is -0.129. The van der Waals surface area contributed by atoms with Gasteiger partial charge in [-0.1, -0.05) is 25.2 Å². The van der Waals surface area contributed by atoms with Gasteiger partial charge in [-0.25, -0.2) is 23.6 Å². The number of carbonyl (C=O) groups excluding carboxylic acids is 2. The first kappa shape index (κ1) is 25.7. The molecule has 0 fully saturated rings. The molecule has 0 bridgehead atoms. The third-order valence-electron chi connectivity index (χ3n) is 4.35. The van der Waals surface area contributed by atoms with Crippen molar-refractivity contribution < 1.29 is 28.0 Å². The van der Waals surface area contributed by atoms with Crippen molar-refractivity contribution >= 4 is 38.3 Å². The van der Waals surface area contributed by atoms with Crippen LogP contribution in [0, 0.1) is 12.8 Å². The Kier molecular flexibility index (Phi) is 9.13. The summed E-state index contributed by atoms with van der Waals surface area (Å²) in [5.74, 6) is -0.338. The number of nitrogens with zero attached hydrogens (tertiary/aromatic N) is 1. The third kappa shape index (κ3) is 6.99. The highest BCUT2D eigenvalue weighted by molar-refractivity contribution is 7.89. The SMILES string of the molecule is COc1ccc(-c2sc(NC(=O)CC(C)C)nc2C)cc1S(=O)(=O)NCCCC(=O)NO. The van der Waals surface area contributed by atoms with Crippen molar-refractivity contribution in [2.45, 2.75) is 44.9 Å². The van der Waals surface area contributed by atoms with E-state index in [-0.39, 0.29) is 41.9 Å². The van der Waals surface area contributed by atoms with Crippen LogP contribution in [0.25, 0.3) is 10.4 Å². The van der Waals surface area contributed by atoms with E-state index in [1.165, 1.54) is 30.0 Å². The van der Waals surface area contributed by atoms with Gasteiger partial charge in [0.2, 0.25) is 21.8 Å². The number of ether oxygens (including phenoxy) is 1. The summed E-state index contributed by atoms with van der Waals surface area (Å²) >= 11 is 1.26. The van der Waals surface area contributed by atoms with Crippen LogP contribution in [0.15, 0.2) is 23.1 Å². The highest BCUT2D eigenvalue weighted by Gasteiger charge is 2.22. The molecule has 0 aliphatic heterocycles. The zero-order valence-electron chi connectivity index (χ0n) is 18.4. The van der Waals surface area contributed by atoms with E-state index in [9.17, 15) is 18.0 Å². The normalized spacial score (nSPS) is 11.4. The number of hydrogen-bond donors (Lipinski definition) is 4. The third-order valence-corrected chi connectivity index (χ3v) is 6.95. The van der Waals surface area contributed by atoms with Crippen LogP contribution in [0.3, 0.4) is 0 Å². The molecule has 2 amide bonds. The molecule has 0 unspecified atom stereocenters. The first-order chi connectivity index (χ1) is 15.1. The average molecular weight is 485 g/mol. The van der Waals surface area contributed by atoms with Gasteiger partial charge in [-0.2, -0.15) is 0 Å².